The highest BCUT2D eigenvalue weighted by molar-refractivity contribution is 7.92. The van der Waals surface area contributed by atoms with Crippen molar-refractivity contribution in [3.63, 3.8) is 0 Å². The molecule has 9 heteroatoms. The fourth-order valence-electron chi connectivity index (χ4n) is 2.55. The molecule has 8 nitrogen and oxygen atoms in total. The van der Waals surface area contributed by atoms with E-state index in [1.54, 1.807) is 51.1 Å². The molecule has 0 atom stereocenters. The van der Waals surface area contributed by atoms with Crippen LogP contribution >= 0.6 is 0 Å². The maximum absolute atomic E-state index is 13.0. The number of anilines is 2. The van der Waals surface area contributed by atoms with Crippen molar-refractivity contribution < 1.29 is 18.4 Å². The summed E-state index contributed by atoms with van der Waals surface area (Å²) in [5.41, 5.74) is -0.557. The number of nitro groups is 1. The minimum Gasteiger partial charge on any atom is -0.394 e. The van der Waals surface area contributed by atoms with E-state index in [1.165, 1.54) is 16.4 Å². The summed E-state index contributed by atoms with van der Waals surface area (Å²) in [6, 6.07) is 12.3. The van der Waals surface area contributed by atoms with Crippen LogP contribution in [0.25, 0.3) is 0 Å². The van der Waals surface area contributed by atoms with Gasteiger partial charge in [-0.15, -0.1) is 0 Å². The maximum Gasteiger partial charge on any atom is 0.293 e. The van der Waals surface area contributed by atoms with Gasteiger partial charge in [-0.1, -0.05) is 18.2 Å². The molecule has 0 aliphatic heterocycles. The zero-order valence-electron chi connectivity index (χ0n) is 15.4. The summed E-state index contributed by atoms with van der Waals surface area (Å²) in [5.74, 6) is 0. The van der Waals surface area contributed by atoms with Gasteiger partial charge in [0.15, 0.2) is 0 Å². The van der Waals surface area contributed by atoms with Gasteiger partial charge in [0, 0.05) is 12.6 Å². The number of benzene rings is 2. The zero-order chi connectivity index (χ0) is 20.2. The highest BCUT2D eigenvalue weighted by Gasteiger charge is 2.28. The molecule has 0 saturated heterocycles. The van der Waals surface area contributed by atoms with Crippen LogP contribution in [0.5, 0.6) is 0 Å². The van der Waals surface area contributed by atoms with Gasteiger partial charge >= 0.3 is 0 Å². The number of aliphatic hydroxyl groups excluding tert-OH is 1. The van der Waals surface area contributed by atoms with Crippen molar-refractivity contribution >= 4 is 27.1 Å². The lowest BCUT2D eigenvalue weighted by atomic mass is 10.1. The fraction of sp³-hybridized carbons (Fsp3) is 0.333. The van der Waals surface area contributed by atoms with Gasteiger partial charge in [-0.25, -0.2) is 8.42 Å². The summed E-state index contributed by atoms with van der Waals surface area (Å²) < 4.78 is 27.3. The second-order valence-electron chi connectivity index (χ2n) is 6.61. The number of para-hydroxylation sites is 1. The molecule has 0 aliphatic carbocycles. The third-order valence-electron chi connectivity index (χ3n) is 3.95. The number of nitro benzene ring substituents is 1. The first kappa shape index (κ1) is 20.7. The molecular formula is C18H23N3O5S. The van der Waals surface area contributed by atoms with Gasteiger partial charge in [-0.05, 0) is 45.0 Å². The number of rotatable bonds is 8. The fourth-order valence-corrected chi connectivity index (χ4v) is 4.04. The average Bonchev–Trinajstić information content (AvgIpc) is 2.62. The molecule has 0 spiro atoms. The molecule has 2 rings (SSSR count). The first-order chi connectivity index (χ1) is 12.6. The predicted molar refractivity (Wildman–Crippen MR) is 105 cm³/mol. The Morgan fingerprint density at radius 2 is 1.81 bits per heavy atom. The van der Waals surface area contributed by atoms with Crippen LogP contribution in [0.4, 0.5) is 17.1 Å². The molecule has 2 aromatic rings. The normalized spacial score (nSPS) is 11.9. The van der Waals surface area contributed by atoms with Crippen LogP contribution in [-0.4, -0.2) is 37.1 Å². The van der Waals surface area contributed by atoms with E-state index in [0.29, 0.717) is 5.69 Å². The molecule has 2 N–H and O–H groups in total. The highest BCUT2D eigenvalue weighted by atomic mass is 32.2. The Balaban J connectivity index is 2.51. The summed E-state index contributed by atoms with van der Waals surface area (Å²) in [5, 5.41) is 23.7. The van der Waals surface area contributed by atoms with E-state index in [4.69, 9.17) is 0 Å². The minimum absolute atomic E-state index is 0.140. The van der Waals surface area contributed by atoms with Gasteiger partial charge in [0.2, 0.25) is 0 Å². The van der Waals surface area contributed by atoms with Crippen molar-refractivity contribution in [2.75, 3.05) is 22.8 Å². The quantitative estimate of drug-likeness (QED) is 0.527. The topological polar surface area (TPSA) is 113 Å². The van der Waals surface area contributed by atoms with Crippen LogP contribution in [0.3, 0.4) is 0 Å². The van der Waals surface area contributed by atoms with E-state index in [-0.39, 0.29) is 29.4 Å². The standard InChI is InChI=1S/C18H23N3O5S/c1-4-20(14-8-6-5-7-9-14)27(25,26)15-10-11-16(17(12-15)21(23)24)19-18(2,3)13-22/h5-12,19,22H,4,13H2,1-3H3. The third-order valence-corrected chi connectivity index (χ3v) is 5.85. The van der Waals surface area contributed by atoms with Crippen LogP contribution < -0.4 is 9.62 Å². The van der Waals surface area contributed by atoms with Crippen LogP contribution in [0.1, 0.15) is 20.8 Å². The molecule has 0 bridgehead atoms. The van der Waals surface area contributed by atoms with E-state index < -0.39 is 20.5 Å². The number of hydrogen-bond acceptors (Lipinski definition) is 6. The number of sulfonamides is 1. The van der Waals surface area contributed by atoms with Crippen LogP contribution in [0, 0.1) is 10.1 Å². The Kier molecular flexibility index (Phi) is 6.07. The molecule has 0 aliphatic rings. The van der Waals surface area contributed by atoms with Gasteiger partial charge < -0.3 is 10.4 Å². The number of nitrogens with zero attached hydrogens (tertiary/aromatic N) is 2. The molecule has 146 valence electrons. The van der Waals surface area contributed by atoms with E-state index in [2.05, 4.69) is 5.32 Å². The Bertz CT molecular complexity index is 914. The van der Waals surface area contributed by atoms with E-state index in [0.717, 1.165) is 6.07 Å². The van der Waals surface area contributed by atoms with Gasteiger partial charge in [0.1, 0.15) is 5.69 Å². The molecule has 0 heterocycles. The average molecular weight is 393 g/mol. The third kappa shape index (κ3) is 4.55. The molecular weight excluding hydrogens is 370 g/mol. The second kappa shape index (κ2) is 7.93. The monoisotopic (exact) mass is 393 g/mol. The largest absolute Gasteiger partial charge is 0.394 e. The highest BCUT2D eigenvalue weighted by Crippen LogP contribution is 2.32. The minimum atomic E-state index is -3.97. The first-order valence-electron chi connectivity index (χ1n) is 8.37. The molecule has 27 heavy (non-hydrogen) atoms. The second-order valence-corrected chi connectivity index (χ2v) is 8.47. The Morgan fingerprint density at radius 1 is 1.19 bits per heavy atom. The number of aliphatic hydroxyl groups is 1. The Labute approximate surface area is 158 Å². The smallest absolute Gasteiger partial charge is 0.293 e. The van der Waals surface area contributed by atoms with Crippen LogP contribution in [0.15, 0.2) is 53.4 Å². The van der Waals surface area contributed by atoms with Crippen molar-refractivity contribution in [2.45, 2.75) is 31.2 Å². The molecule has 0 aromatic heterocycles. The summed E-state index contributed by atoms with van der Waals surface area (Å²) in [4.78, 5) is 10.7. The van der Waals surface area contributed by atoms with Gasteiger partial charge in [-0.3, -0.25) is 14.4 Å². The van der Waals surface area contributed by atoms with Crippen molar-refractivity contribution in [3.8, 4) is 0 Å². The van der Waals surface area contributed by atoms with Crippen molar-refractivity contribution in [1.82, 2.24) is 0 Å². The van der Waals surface area contributed by atoms with Crippen LogP contribution in [-0.2, 0) is 10.0 Å². The Morgan fingerprint density at radius 3 is 2.33 bits per heavy atom. The van der Waals surface area contributed by atoms with Crippen molar-refractivity contribution in [3.05, 3.63) is 58.6 Å². The molecule has 0 unspecified atom stereocenters. The molecule has 0 saturated carbocycles. The molecule has 2 aromatic carbocycles. The summed E-state index contributed by atoms with van der Waals surface area (Å²) in [6.07, 6.45) is 0. The van der Waals surface area contributed by atoms with E-state index >= 15 is 0 Å². The Hall–Kier alpha value is -2.65. The lowest BCUT2D eigenvalue weighted by Gasteiger charge is -2.25. The van der Waals surface area contributed by atoms with E-state index in [1.807, 2.05) is 0 Å². The molecule has 0 radical (unpaired) electrons. The van der Waals surface area contributed by atoms with Gasteiger partial charge in [-0.2, -0.15) is 0 Å². The van der Waals surface area contributed by atoms with Crippen molar-refractivity contribution in [2.24, 2.45) is 0 Å². The lowest BCUT2D eigenvalue weighted by Crippen LogP contribution is -2.35. The first-order valence-corrected chi connectivity index (χ1v) is 9.81. The zero-order valence-corrected chi connectivity index (χ0v) is 16.2. The predicted octanol–water partition coefficient (Wildman–Crippen LogP) is 2.99. The number of nitrogens with one attached hydrogen (secondary N) is 1. The summed E-state index contributed by atoms with van der Waals surface area (Å²) in [7, 11) is -3.97. The molecule has 0 amide bonds. The van der Waals surface area contributed by atoms with Gasteiger partial charge in [0.25, 0.3) is 15.7 Å². The number of hydrogen-bond donors (Lipinski definition) is 2. The maximum atomic E-state index is 13.0. The van der Waals surface area contributed by atoms with Crippen molar-refractivity contribution in [1.29, 1.82) is 0 Å². The molecule has 0 fully saturated rings. The summed E-state index contributed by atoms with van der Waals surface area (Å²) >= 11 is 0. The summed E-state index contributed by atoms with van der Waals surface area (Å²) in [6.45, 7) is 4.98. The SMILES string of the molecule is CCN(c1ccccc1)S(=O)(=O)c1ccc(NC(C)(C)CO)c([N+](=O)[O-])c1. The van der Waals surface area contributed by atoms with Gasteiger partial charge in [0.05, 0.1) is 27.7 Å². The van der Waals surface area contributed by atoms with E-state index in [9.17, 15) is 23.6 Å². The van der Waals surface area contributed by atoms with Crippen LogP contribution in [0.2, 0.25) is 0 Å². The lowest BCUT2D eigenvalue weighted by molar-refractivity contribution is -0.384.